The Morgan fingerprint density at radius 1 is 1.50 bits per heavy atom. The number of hydrogen-bond acceptors (Lipinski definition) is 4. The van der Waals surface area contributed by atoms with Crippen LogP contribution in [0, 0.1) is 0 Å². The van der Waals surface area contributed by atoms with E-state index in [9.17, 15) is 5.11 Å². The van der Waals surface area contributed by atoms with Gasteiger partial charge in [-0.2, -0.15) is 0 Å². The average molecular weight is 225 g/mol. The Morgan fingerprint density at radius 2 is 2.19 bits per heavy atom. The first kappa shape index (κ1) is 13.0. The van der Waals surface area contributed by atoms with Crippen LogP contribution >= 0.6 is 0 Å². The molecule has 0 bridgehead atoms. The van der Waals surface area contributed by atoms with Gasteiger partial charge in [0.1, 0.15) is 0 Å². The van der Waals surface area contributed by atoms with Gasteiger partial charge in [-0.3, -0.25) is 0 Å². The molecule has 0 aromatic carbocycles. The van der Waals surface area contributed by atoms with E-state index in [0.29, 0.717) is 6.61 Å². The lowest BCUT2D eigenvalue weighted by atomic mass is 10.1. The highest BCUT2D eigenvalue weighted by Gasteiger charge is 2.08. The summed E-state index contributed by atoms with van der Waals surface area (Å²) in [7, 11) is 0. The molecule has 0 aromatic heterocycles. The predicted octanol–water partition coefficient (Wildman–Crippen LogP) is 0.738. The third-order valence-electron chi connectivity index (χ3n) is 2.10. The minimum atomic E-state index is -0.595. The van der Waals surface area contributed by atoms with Crippen molar-refractivity contribution in [3.8, 4) is 0 Å². The van der Waals surface area contributed by atoms with Gasteiger partial charge in [0.25, 0.3) is 0 Å². The number of ether oxygens (including phenoxy) is 2. The molecular weight excluding hydrogens is 206 g/mol. The van der Waals surface area contributed by atoms with Crippen molar-refractivity contribution in [3.63, 3.8) is 0 Å². The Bertz CT molecular complexity index is 268. The topological polar surface area (TPSA) is 64.7 Å². The molecule has 1 rings (SSSR count). The molecule has 0 aromatic rings. The number of rotatable bonds is 6. The fraction of sp³-hybridized carbons (Fsp3) is 0.500. The zero-order chi connectivity index (χ0) is 11.8. The van der Waals surface area contributed by atoms with Crippen LogP contribution in [0.3, 0.4) is 0 Å². The van der Waals surface area contributed by atoms with Crippen molar-refractivity contribution in [2.45, 2.75) is 19.1 Å². The molecule has 0 saturated carbocycles. The maximum atomic E-state index is 9.23. The SMILES string of the molecule is CCOC=C1C=CC(OCC(O)CN)C=C1. The van der Waals surface area contributed by atoms with E-state index in [4.69, 9.17) is 15.2 Å². The number of allylic oxidation sites excluding steroid dienone is 3. The molecule has 1 aliphatic carbocycles. The van der Waals surface area contributed by atoms with E-state index < -0.39 is 6.10 Å². The summed E-state index contributed by atoms with van der Waals surface area (Å²) in [6, 6.07) is 0. The van der Waals surface area contributed by atoms with E-state index in [1.54, 1.807) is 6.26 Å². The highest BCUT2D eigenvalue weighted by Crippen LogP contribution is 2.11. The molecule has 0 fully saturated rings. The summed E-state index contributed by atoms with van der Waals surface area (Å²) in [5, 5.41) is 9.23. The van der Waals surface area contributed by atoms with Gasteiger partial charge in [-0.15, -0.1) is 0 Å². The van der Waals surface area contributed by atoms with Gasteiger partial charge in [-0.25, -0.2) is 0 Å². The lowest BCUT2D eigenvalue weighted by Gasteiger charge is -2.15. The molecule has 3 N–H and O–H groups in total. The minimum Gasteiger partial charge on any atom is -0.501 e. The standard InChI is InChI=1S/C12H19NO3/c1-2-15-8-10-3-5-12(6-4-10)16-9-11(14)7-13/h3-6,8,11-12,14H,2,7,9,13H2,1H3. The molecule has 0 spiro atoms. The number of nitrogens with two attached hydrogens (primary N) is 1. The van der Waals surface area contributed by atoms with Crippen molar-refractivity contribution in [3.05, 3.63) is 36.1 Å². The maximum absolute atomic E-state index is 9.23. The summed E-state index contributed by atoms with van der Waals surface area (Å²) >= 11 is 0. The van der Waals surface area contributed by atoms with Gasteiger partial charge in [-0.1, -0.05) is 24.3 Å². The first-order valence-corrected chi connectivity index (χ1v) is 5.44. The highest BCUT2D eigenvalue weighted by atomic mass is 16.5. The fourth-order valence-corrected chi connectivity index (χ4v) is 1.19. The largest absolute Gasteiger partial charge is 0.501 e. The van der Waals surface area contributed by atoms with Crippen LogP contribution in [0.4, 0.5) is 0 Å². The zero-order valence-electron chi connectivity index (χ0n) is 9.50. The molecule has 0 radical (unpaired) electrons. The normalized spacial score (nSPS) is 20.9. The summed E-state index contributed by atoms with van der Waals surface area (Å²) in [4.78, 5) is 0. The van der Waals surface area contributed by atoms with Crippen LogP contribution in [0.2, 0.25) is 0 Å². The van der Waals surface area contributed by atoms with E-state index >= 15 is 0 Å². The Kier molecular flexibility index (Phi) is 5.85. The summed E-state index contributed by atoms with van der Waals surface area (Å²) < 4.78 is 10.6. The Labute approximate surface area is 96.0 Å². The lowest BCUT2D eigenvalue weighted by Crippen LogP contribution is -2.27. The smallest absolute Gasteiger partial charge is 0.0945 e. The maximum Gasteiger partial charge on any atom is 0.0945 e. The van der Waals surface area contributed by atoms with Gasteiger partial charge < -0.3 is 20.3 Å². The van der Waals surface area contributed by atoms with Crippen molar-refractivity contribution >= 4 is 0 Å². The van der Waals surface area contributed by atoms with Crippen LogP contribution in [-0.2, 0) is 9.47 Å². The molecule has 0 heterocycles. The van der Waals surface area contributed by atoms with Gasteiger partial charge >= 0.3 is 0 Å². The summed E-state index contributed by atoms with van der Waals surface area (Å²) in [6.07, 6.45) is 8.69. The molecule has 90 valence electrons. The molecular formula is C12H19NO3. The second-order valence-electron chi connectivity index (χ2n) is 3.48. The minimum absolute atomic E-state index is 0.0972. The van der Waals surface area contributed by atoms with Crippen molar-refractivity contribution in [2.24, 2.45) is 5.73 Å². The van der Waals surface area contributed by atoms with Gasteiger partial charge in [0.15, 0.2) is 0 Å². The van der Waals surface area contributed by atoms with Crippen molar-refractivity contribution in [1.82, 2.24) is 0 Å². The first-order valence-electron chi connectivity index (χ1n) is 5.44. The van der Waals surface area contributed by atoms with Crippen molar-refractivity contribution in [2.75, 3.05) is 19.8 Å². The quantitative estimate of drug-likeness (QED) is 0.654. The summed E-state index contributed by atoms with van der Waals surface area (Å²) in [5.41, 5.74) is 6.27. The van der Waals surface area contributed by atoms with E-state index in [2.05, 4.69) is 0 Å². The first-order chi connectivity index (χ1) is 7.76. The predicted molar refractivity (Wildman–Crippen MR) is 62.8 cm³/mol. The summed E-state index contributed by atoms with van der Waals surface area (Å²) in [6.45, 7) is 3.07. The third-order valence-corrected chi connectivity index (χ3v) is 2.10. The van der Waals surface area contributed by atoms with E-state index in [1.165, 1.54) is 0 Å². The average Bonchev–Trinajstić information content (AvgIpc) is 2.34. The number of aliphatic hydroxyl groups excluding tert-OH is 1. The van der Waals surface area contributed by atoms with E-state index in [0.717, 1.165) is 5.57 Å². The lowest BCUT2D eigenvalue weighted by molar-refractivity contribution is 0.0300. The van der Waals surface area contributed by atoms with Crippen molar-refractivity contribution < 1.29 is 14.6 Å². The molecule has 1 aliphatic rings. The molecule has 4 heteroatoms. The van der Waals surface area contributed by atoms with Gasteiger partial charge in [-0.05, 0) is 6.92 Å². The Balaban J connectivity index is 2.32. The molecule has 0 aliphatic heterocycles. The zero-order valence-corrected chi connectivity index (χ0v) is 9.50. The van der Waals surface area contributed by atoms with Crippen LogP contribution < -0.4 is 5.73 Å². The van der Waals surface area contributed by atoms with Crippen LogP contribution in [0.5, 0.6) is 0 Å². The molecule has 4 nitrogen and oxygen atoms in total. The van der Waals surface area contributed by atoms with Gasteiger partial charge in [0.2, 0.25) is 0 Å². The van der Waals surface area contributed by atoms with E-state index in [-0.39, 0.29) is 19.3 Å². The molecule has 1 unspecified atom stereocenters. The van der Waals surface area contributed by atoms with Crippen molar-refractivity contribution in [1.29, 1.82) is 0 Å². The van der Waals surface area contributed by atoms with Crippen LogP contribution in [-0.4, -0.2) is 37.1 Å². The number of aliphatic hydroxyl groups is 1. The summed E-state index contributed by atoms with van der Waals surface area (Å²) in [5.74, 6) is 0. The monoisotopic (exact) mass is 225 g/mol. The van der Waals surface area contributed by atoms with Crippen LogP contribution in [0.1, 0.15) is 6.92 Å². The Morgan fingerprint density at radius 3 is 2.75 bits per heavy atom. The molecule has 1 atom stereocenters. The highest BCUT2D eigenvalue weighted by molar-refractivity contribution is 5.35. The second kappa shape index (κ2) is 7.22. The van der Waals surface area contributed by atoms with E-state index in [1.807, 2.05) is 31.2 Å². The third kappa shape index (κ3) is 4.61. The number of hydrogen-bond donors (Lipinski definition) is 2. The molecule has 16 heavy (non-hydrogen) atoms. The van der Waals surface area contributed by atoms with Crippen LogP contribution in [0.25, 0.3) is 0 Å². The second-order valence-corrected chi connectivity index (χ2v) is 3.48. The fourth-order valence-electron chi connectivity index (χ4n) is 1.19. The van der Waals surface area contributed by atoms with Gasteiger partial charge in [0, 0.05) is 12.1 Å². The molecule has 0 amide bonds. The molecule has 0 saturated heterocycles. The van der Waals surface area contributed by atoms with Crippen LogP contribution in [0.15, 0.2) is 36.1 Å². The van der Waals surface area contributed by atoms with Gasteiger partial charge in [0.05, 0.1) is 31.7 Å². The Hall–Kier alpha value is -1.10.